The standard InChI is InChI=1S/C18H17NO4S3/c20-18(23-11-13-12-25-15-6-2-1-5-14(13)15)17-16(7-10-24-17)26(21,22)19-8-3-4-9-19/h1-2,5-7,10,12H,3-4,8-9,11H2. The fraction of sp³-hybridized carbons (Fsp3) is 0.278. The van der Waals surface area contributed by atoms with Gasteiger partial charge in [-0.1, -0.05) is 18.2 Å². The average molecular weight is 408 g/mol. The van der Waals surface area contributed by atoms with Crippen LogP contribution in [0.2, 0.25) is 0 Å². The number of esters is 1. The van der Waals surface area contributed by atoms with Crippen molar-refractivity contribution in [1.82, 2.24) is 4.31 Å². The van der Waals surface area contributed by atoms with Crippen molar-refractivity contribution in [3.8, 4) is 0 Å². The largest absolute Gasteiger partial charge is 0.457 e. The van der Waals surface area contributed by atoms with Crippen molar-refractivity contribution in [2.24, 2.45) is 0 Å². The van der Waals surface area contributed by atoms with E-state index in [9.17, 15) is 13.2 Å². The third kappa shape index (κ3) is 3.18. The van der Waals surface area contributed by atoms with E-state index in [4.69, 9.17) is 4.74 Å². The molecule has 3 aromatic rings. The molecule has 0 bridgehead atoms. The van der Waals surface area contributed by atoms with E-state index in [1.165, 1.54) is 10.4 Å². The molecule has 4 rings (SSSR count). The normalized spacial score (nSPS) is 15.5. The second-order valence-corrected chi connectivity index (χ2v) is 9.79. The molecule has 0 saturated carbocycles. The first-order valence-corrected chi connectivity index (χ1v) is 11.5. The highest BCUT2D eigenvalue weighted by Crippen LogP contribution is 2.30. The van der Waals surface area contributed by atoms with Gasteiger partial charge in [0.05, 0.1) is 0 Å². The van der Waals surface area contributed by atoms with Gasteiger partial charge in [0.1, 0.15) is 16.4 Å². The Morgan fingerprint density at radius 1 is 1.12 bits per heavy atom. The van der Waals surface area contributed by atoms with E-state index in [2.05, 4.69) is 0 Å². The number of benzene rings is 1. The Morgan fingerprint density at radius 3 is 2.69 bits per heavy atom. The van der Waals surface area contributed by atoms with Crippen LogP contribution in [-0.4, -0.2) is 31.8 Å². The predicted molar refractivity (Wildman–Crippen MR) is 103 cm³/mol. The van der Waals surface area contributed by atoms with Gasteiger partial charge in [0, 0.05) is 23.4 Å². The molecular weight excluding hydrogens is 390 g/mol. The van der Waals surface area contributed by atoms with Gasteiger partial charge in [0.2, 0.25) is 10.0 Å². The van der Waals surface area contributed by atoms with Gasteiger partial charge >= 0.3 is 5.97 Å². The van der Waals surface area contributed by atoms with Crippen LogP contribution in [0, 0.1) is 0 Å². The molecule has 0 atom stereocenters. The number of sulfonamides is 1. The van der Waals surface area contributed by atoms with E-state index in [0.29, 0.717) is 13.1 Å². The van der Waals surface area contributed by atoms with Gasteiger partial charge in [-0.25, -0.2) is 13.2 Å². The van der Waals surface area contributed by atoms with Crippen molar-refractivity contribution in [2.45, 2.75) is 24.3 Å². The van der Waals surface area contributed by atoms with Gasteiger partial charge in [0.25, 0.3) is 0 Å². The molecule has 1 aromatic carbocycles. The van der Waals surface area contributed by atoms with E-state index in [0.717, 1.165) is 39.8 Å². The summed E-state index contributed by atoms with van der Waals surface area (Å²) in [5.74, 6) is -0.590. The lowest BCUT2D eigenvalue weighted by Gasteiger charge is -2.15. The maximum absolute atomic E-state index is 12.8. The summed E-state index contributed by atoms with van der Waals surface area (Å²) >= 11 is 2.70. The van der Waals surface area contributed by atoms with Crippen molar-refractivity contribution >= 4 is 48.8 Å². The third-order valence-electron chi connectivity index (χ3n) is 4.42. The molecule has 1 aliphatic heterocycles. The Bertz CT molecular complexity index is 1050. The highest BCUT2D eigenvalue weighted by molar-refractivity contribution is 7.89. The highest BCUT2D eigenvalue weighted by atomic mass is 32.2. The molecule has 8 heteroatoms. The zero-order chi connectivity index (χ0) is 18.1. The Hall–Kier alpha value is -1.74. The van der Waals surface area contributed by atoms with Crippen LogP contribution < -0.4 is 0 Å². The fourth-order valence-electron chi connectivity index (χ4n) is 3.07. The van der Waals surface area contributed by atoms with Crippen molar-refractivity contribution in [3.05, 3.63) is 51.5 Å². The molecule has 0 unspecified atom stereocenters. The van der Waals surface area contributed by atoms with Crippen LogP contribution in [0.15, 0.2) is 46.0 Å². The second kappa shape index (κ2) is 7.11. The maximum Gasteiger partial charge on any atom is 0.350 e. The first-order chi connectivity index (χ1) is 12.6. The van der Waals surface area contributed by atoms with E-state index in [-0.39, 0.29) is 16.4 Å². The minimum absolute atomic E-state index is 0.0598. The second-order valence-electron chi connectivity index (χ2n) is 6.06. The van der Waals surface area contributed by atoms with Gasteiger partial charge in [0.15, 0.2) is 0 Å². The first kappa shape index (κ1) is 17.7. The lowest BCUT2D eigenvalue weighted by molar-refractivity contribution is 0.0476. The van der Waals surface area contributed by atoms with Gasteiger partial charge in [-0.2, -0.15) is 4.31 Å². The summed E-state index contributed by atoms with van der Waals surface area (Å²) < 4.78 is 33.5. The van der Waals surface area contributed by atoms with Gasteiger partial charge < -0.3 is 4.74 Å². The minimum Gasteiger partial charge on any atom is -0.457 e. The van der Waals surface area contributed by atoms with Crippen LogP contribution in [0.3, 0.4) is 0 Å². The molecule has 26 heavy (non-hydrogen) atoms. The lowest BCUT2D eigenvalue weighted by Crippen LogP contribution is -2.28. The van der Waals surface area contributed by atoms with Crippen molar-refractivity contribution in [1.29, 1.82) is 0 Å². The Balaban J connectivity index is 1.53. The first-order valence-electron chi connectivity index (χ1n) is 8.27. The number of hydrogen-bond acceptors (Lipinski definition) is 6. The van der Waals surface area contributed by atoms with Crippen LogP contribution in [-0.2, 0) is 21.4 Å². The zero-order valence-electron chi connectivity index (χ0n) is 13.9. The molecule has 1 fully saturated rings. The monoisotopic (exact) mass is 407 g/mol. The molecule has 0 radical (unpaired) electrons. The number of fused-ring (bicyclic) bond motifs is 1. The molecule has 0 N–H and O–H groups in total. The van der Waals surface area contributed by atoms with Gasteiger partial charge in [-0.05, 0) is 41.1 Å². The summed E-state index contributed by atoms with van der Waals surface area (Å²) in [6.07, 6.45) is 1.71. The summed E-state index contributed by atoms with van der Waals surface area (Å²) in [6, 6.07) is 9.42. The Labute approximate surface area is 159 Å². The van der Waals surface area contributed by atoms with E-state index in [1.54, 1.807) is 16.7 Å². The number of ether oxygens (including phenoxy) is 1. The fourth-order valence-corrected chi connectivity index (χ4v) is 6.82. The van der Waals surface area contributed by atoms with E-state index >= 15 is 0 Å². The Morgan fingerprint density at radius 2 is 1.88 bits per heavy atom. The zero-order valence-corrected chi connectivity index (χ0v) is 16.3. The average Bonchev–Trinajstić information content (AvgIpc) is 3.40. The predicted octanol–water partition coefficient (Wildman–Crippen LogP) is 4.10. The number of nitrogens with zero attached hydrogens (tertiary/aromatic N) is 1. The quantitative estimate of drug-likeness (QED) is 0.597. The molecule has 0 spiro atoms. The molecule has 3 heterocycles. The molecule has 0 amide bonds. The number of carbonyl (C=O) groups is 1. The van der Waals surface area contributed by atoms with Gasteiger partial charge in [-0.3, -0.25) is 0 Å². The molecule has 2 aromatic heterocycles. The van der Waals surface area contributed by atoms with Crippen LogP contribution in [0.5, 0.6) is 0 Å². The number of carbonyl (C=O) groups excluding carboxylic acids is 1. The summed E-state index contributed by atoms with van der Waals surface area (Å²) in [5.41, 5.74) is 0.930. The third-order valence-corrected chi connectivity index (χ3v) is 8.39. The summed E-state index contributed by atoms with van der Waals surface area (Å²) in [5, 5.41) is 4.65. The van der Waals surface area contributed by atoms with Crippen LogP contribution in [0.4, 0.5) is 0 Å². The lowest BCUT2D eigenvalue weighted by atomic mass is 10.2. The summed E-state index contributed by atoms with van der Waals surface area (Å²) in [6.45, 7) is 1.14. The molecule has 136 valence electrons. The Kier molecular flexibility index (Phi) is 4.83. The number of thiophene rings is 2. The van der Waals surface area contributed by atoms with Crippen LogP contribution in [0.1, 0.15) is 28.1 Å². The molecule has 5 nitrogen and oxygen atoms in total. The smallest absolute Gasteiger partial charge is 0.350 e. The molecule has 1 saturated heterocycles. The van der Waals surface area contributed by atoms with Crippen molar-refractivity contribution in [2.75, 3.05) is 13.1 Å². The summed E-state index contributed by atoms with van der Waals surface area (Å²) in [7, 11) is -3.63. The minimum atomic E-state index is -3.63. The topological polar surface area (TPSA) is 63.7 Å². The summed E-state index contributed by atoms with van der Waals surface area (Å²) in [4.78, 5) is 12.7. The highest BCUT2D eigenvalue weighted by Gasteiger charge is 2.32. The van der Waals surface area contributed by atoms with Crippen molar-refractivity contribution < 1.29 is 17.9 Å². The maximum atomic E-state index is 12.8. The van der Waals surface area contributed by atoms with Gasteiger partial charge in [-0.15, -0.1) is 22.7 Å². The van der Waals surface area contributed by atoms with Crippen molar-refractivity contribution in [3.63, 3.8) is 0 Å². The number of hydrogen-bond donors (Lipinski definition) is 0. The molecule has 0 aliphatic carbocycles. The van der Waals surface area contributed by atoms with Crippen LogP contribution in [0.25, 0.3) is 10.1 Å². The van der Waals surface area contributed by atoms with E-state index < -0.39 is 16.0 Å². The number of rotatable bonds is 5. The molecular formula is C18H17NO4S3. The van der Waals surface area contributed by atoms with E-state index in [1.807, 2.05) is 29.6 Å². The van der Waals surface area contributed by atoms with Crippen LogP contribution >= 0.6 is 22.7 Å². The molecule has 1 aliphatic rings. The SMILES string of the molecule is O=C(OCc1csc2ccccc12)c1sccc1S(=O)(=O)N1CCCC1.